The smallest absolute Gasteiger partial charge is 0.475 e. The van der Waals surface area contributed by atoms with Crippen LogP contribution >= 0.6 is 0 Å². The minimum atomic E-state index is -5.08. The Hall–Kier alpha value is -3.55. The lowest BCUT2D eigenvalue weighted by atomic mass is 9.82. The number of aliphatic carboxylic acids is 1. The van der Waals surface area contributed by atoms with Crippen molar-refractivity contribution in [3.05, 3.63) is 29.1 Å². The molecule has 4 saturated heterocycles. The molecule has 14 heteroatoms. The number of rotatable bonds is 2. The van der Waals surface area contributed by atoms with Crippen molar-refractivity contribution >= 4 is 35.3 Å². The first-order valence-corrected chi connectivity index (χ1v) is 11.6. The Balaban J connectivity index is 0.000000355. The predicted octanol–water partition coefficient (Wildman–Crippen LogP) is 1.47. The van der Waals surface area contributed by atoms with Crippen LogP contribution in [0.5, 0.6) is 0 Å². The van der Waals surface area contributed by atoms with E-state index in [-0.39, 0.29) is 41.9 Å². The van der Waals surface area contributed by atoms with Gasteiger partial charge in [-0.3, -0.25) is 29.4 Å². The summed E-state index contributed by atoms with van der Waals surface area (Å²) in [5.41, 5.74) is 0.282. The molecule has 37 heavy (non-hydrogen) atoms. The lowest BCUT2D eigenvalue weighted by molar-refractivity contribution is -0.192. The first-order valence-electron chi connectivity index (χ1n) is 11.6. The summed E-state index contributed by atoms with van der Waals surface area (Å²) in [5.74, 6) is -5.09. The molecule has 5 atom stereocenters. The second-order valence-corrected chi connectivity index (χ2v) is 9.59. The van der Waals surface area contributed by atoms with Gasteiger partial charge in [-0.15, -0.1) is 0 Å². The van der Waals surface area contributed by atoms with E-state index in [2.05, 4.69) is 5.32 Å². The molecular weight excluding hydrogens is 506 g/mol. The van der Waals surface area contributed by atoms with Crippen molar-refractivity contribution in [2.24, 2.45) is 11.8 Å². The number of carbonyl (C=O) groups excluding carboxylic acids is 4. The number of carbonyl (C=O) groups is 5. The maximum Gasteiger partial charge on any atom is 0.490 e. The Morgan fingerprint density at radius 1 is 1.00 bits per heavy atom. The number of halogens is 4. The van der Waals surface area contributed by atoms with Crippen molar-refractivity contribution in [2.45, 2.75) is 50.1 Å². The van der Waals surface area contributed by atoms with Crippen LogP contribution in [0.4, 0.5) is 23.2 Å². The van der Waals surface area contributed by atoms with E-state index in [1.54, 1.807) is 0 Å². The van der Waals surface area contributed by atoms with Crippen LogP contribution in [0.15, 0.2) is 12.1 Å². The van der Waals surface area contributed by atoms with Crippen molar-refractivity contribution in [2.75, 3.05) is 18.0 Å². The first kappa shape index (κ1) is 25.1. The van der Waals surface area contributed by atoms with Crippen LogP contribution in [0.2, 0.25) is 0 Å². The van der Waals surface area contributed by atoms with Crippen LogP contribution in [-0.4, -0.2) is 77.1 Å². The van der Waals surface area contributed by atoms with Crippen molar-refractivity contribution in [1.82, 2.24) is 10.2 Å². The molecule has 6 rings (SSSR count). The van der Waals surface area contributed by atoms with Crippen LogP contribution in [0.3, 0.4) is 0 Å². The van der Waals surface area contributed by atoms with E-state index >= 15 is 4.39 Å². The number of anilines is 1. The van der Waals surface area contributed by atoms with Gasteiger partial charge in [0.1, 0.15) is 11.9 Å². The maximum absolute atomic E-state index is 15.0. The third-order valence-corrected chi connectivity index (χ3v) is 7.54. The Labute approximate surface area is 206 Å². The van der Waals surface area contributed by atoms with E-state index < -0.39 is 47.6 Å². The summed E-state index contributed by atoms with van der Waals surface area (Å²) >= 11 is 0. The minimum absolute atomic E-state index is 0.0259. The van der Waals surface area contributed by atoms with Crippen molar-refractivity contribution < 1.29 is 51.4 Å². The number of imide groups is 2. The molecule has 0 radical (unpaired) electrons. The summed E-state index contributed by atoms with van der Waals surface area (Å²) in [7, 11) is 0. The van der Waals surface area contributed by atoms with Gasteiger partial charge < -0.3 is 14.7 Å². The van der Waals surface area contributed by atoms with Crippen LogP contribution in [0.1, 0.15) is 46.4 Å². The maximum atomic E-state index is 15.0. The number of carboxylic acids is 1. The summed E-state index contributed by atoms with van der Waals surface area (Å²) in [6.45, 7) is 1.16. The molecule has 198 valence electrons. The third kappa shape index (κ3) is 4.12. The molecule has 0 aliphatic carbocycles. The molecule has 4 amide bonds. The van der Waals surface area contributed by atoms with E-state index in [1.165, 1.54) is 12.1 Å². The quantitative estimate of drug-likeness (QED) is 0.437. The topological polar surface area (TPSA) is 133 Å². The van der Waals surface area contributed by atoms with E-state index in [9.17, 15) is 32.3 Å². The molecule has 2 bridgehead atoms. The van der Waals surface area contributed by atoms with Gasteiger partial charge in [-0.1, -0.05) is 0 Å². The Bertz CT molecular complexity index is 1200. The summed E-state index contributed by atoms with van der Waals surface area (Å²) in [6, 6.07) is 1.46. The third-order valence-electron chi connectivity index (χ3n) is 7.54. The van der Waals surface area contributed by atoms with Crippen LogP contribution in [0, 0.1) is 17.7 Å². The first-order chi connectivity index (χ1) is 17.4. The van der Waals surface area contributed by atoms with E-state index in [1.807, 2.05) is 4.90 Å². The molecule has 2 N–H and O–H groups in total. The van der Waals surface area contributed by atoms with Gasteiger partial charge in [0, 0.05) is 31.3 Å². The van der Waals surface area contributed by atoms with Gasteiger partial charge in [0.15, 0.2) is 0 Å². The zero-order chi connectivity index (χ0) is 26.8. The van der Waals surface area contributed by atoms with Crippen molar-refractivity contribution in [3.63, 3.8) is 0 Å². The van der Waals surface area contributed by atoms with Crippen molar-refractivity contribution in [1.29, 1.82) is 0 Å². The standard InChI is InChI=1S/C21H20FN3O5.C2HF3O2/c22-12-2-1-9-17(18(12)24-7-10-11(8-24)15-5-4-14(10)30-15)21(29)25(20(9)28)13-3-6-16(26)23-19(13)27;3-2(4,5)1(6)7/h1-2,10-11,13-15H,3-8H2,(H,23,26,27);(H,6,7)/t10-,11+,13?,14+,15-;. The zero-order valence-corrected chi connectivity index (χ0v) is 19.1. The average Bonchev–Trinajstić information content (AvgIpc) is 3.57. The molecule has 0 aromatic heterocycles. The summed E-state index contributed by atoms with van der Waals surface area (Å²) in [6.07, 6.45) is -2.58. The molecule has 0 saturated carbocycles. The van der Waals surface area contributed by atoms with E-state index in [0.717, 1.165) is 17.7 Å². The van der Waals surface area contributed by atoms with Crippen LogP contribution in [-0.2, 0) is 19.1 Å². The summed E-state index contributed by atoms with van der Waals surface area (Å²) in [4.78, 5) is 61.7. The molecule has 5 heterocycles. The van der Waals surface area contributed by atoms with E-state index in [0.29, 0.717) is 24.9 Å². The Morgan fingerprint density at radius 2 is 1.59 bits per heavy atom. The number of ether oxygens (including phenoxy) is 1. The second kappa shape index (κ2) is 8.78. The molecule has 4 fully saturated rings. The highest BCUT2D eigenvalue weighted by atomic mass is 19.4. The molecule has 5 aliphatic heterocycles. The molecular formula is C23H21F4N3O7. The second-order valence-electron chi connectivity index (χ2n) is 9.59. The van der Waals surface area contributed by atoms with Gasteiger partial charge in [-0.2, -0.15) is 13.2 Å². The van der Waals surface area contributed by atoms with Gasteiger partial charge in [0.05, 0.1) is 29.0 Å². The number of nitrogens with zero attached hydrogens (tertiary/aromatic N) is 2. The van der Waals surface area contributed by atoms with Gasteiger partial charge in [0.2, 0.25) is 11.8 Å². The predicted molar refractivity (Wildman–Crippen MR) is 114 cm³/mol. The van der Waals surface area contributed by atoms with Gasteiger partial charge >= 0.3 is 12.1 Å². The average molecular weight is 527 g/mol. The fourth-order valence-electron chi connectivity index (χ4n) is 5.97. The van der Waals surface area contributed by atoms with Gasteiger partial charge in [-0.05, 0) is 31.4 Å². The number of amides is 4. The fourth-order valence-corrected chi connectivity index (χ4v) is 5.97. The Kier molecular flexibility index (Phi) is 5.96. The highest BCUT2D eigenvalue weighted by Gasteiger charge is 2.54. The lowest BCUT2D eigenvalue weighted by Gasteiger charge is -2.28. The number of benzene rings is 1. The normalized spacial score (nSPS) is 30.2. The monoisotopic (exact) mass is 527 g/mol. The highest BCUT2D eigenvalue weighted by Crippen LogP contribution is 2.49. The number of piperidine rings is 1. The molecule has 1 aromatic rings. The Morgan fingerprint density at radius 3 is 2.14 bits per heavy atom. The number of hydrogen-bond donors (Lipinski definition) is 2. The molecule has 1 aromatic carbocycles. The molecule has 5 aliphatic rings. The zero-order valence-electron chi connectivity index (χ0n) is 19.1. The lowest BCUT2D eigenvalue weighted by Crippen LogP contribution is -2.54. The van der Waals surface area contributed by atoms with E-state index in [4.69, 9.17) is 14.6 Å². The molecule has 10 nitrogen and oxygen atoms in total. The number of fused-ring (bicyclic) bond motifs is 6. The summed E-state index contributed by atoms with van der Waals surface area (Å²) in [5, 5.41) is 9.30. The molecule has 0 spiro atoms. The van der Waals surface area contributed by atoms with Crippen LogP contribution < -0.4 is 10.2 Å². The number of hydrogen-bond acceptors (Lipinski definition) is 7. The highest BCUT2D eigenvalue weighted by molar-refractivity contribution is 6.25. The molecule has 1 unspecified atom stereocenters. The van der Waals surface area contributed by atoms with Crippen molar-refractivity contribution in [3.8, 4) is 0 Å². The largest absolute Gasteiger partial charge is 0.490 e. The van der Waals surface area contributed by atoms with Gasteiger partial charge in [0.25, 0.3) is 11.8 Å². The fraction of sp³-hybridized carbons (Fsp3) is 0.522. The number of nitrogens with one attached hydrogen (secondary N) is 1. The number of carboxylic acid groups (broad SMARTS) is 1. The summed E-state index contributed by atoms with van der Waals surface area (Å²) < 4.78 is 52.7. The van der Waals surface area contributed by atoms with Crippen LogP contribution in [0.25, 0.3) is 0 Å². The van der Waals surface area contributed by atoms with Gasteiger partial charge in [-0.25, -0.2) is 9.18 Å². The number of alkyl halides is 3. The minimum Gasteiger partial charge on any atom is -0.475 e. The SMILES string of the molecule is O=C(O)C(F)(F)F.O=C1CCC(N2C(=O)c3ccc(F)c(N4C[C@@H]5[C@H](C4)[C@H]4CC[C@@H]5O4)c3C2=O)C(=O)N1.